The Morgan fingerprint density at radius 3 is 2.39 bits per heavy atom. The van der Waals surface area contributed by atoms with Gasteiger partial charge in [0.2, 0.25) is 11.0 Å². The minimum atomic E-state index is -0.173. The zero-order valence-electron chi connectivity index (χ0n) is 21.1. The molecule has 0 aliphatic heterocycles. The second kappa shape index (κ2) is 12.7. The van der Waals surface area contributed by atoms with Gasteiger partial charge < -0.3 is 10.2 Å². The van der Waals surface area contributed by atoms with E-state index in [1.54, 1.807) is 0 Å². The van der Waals surface area contributed by atoms with E-state index in [4.69, 9.17) is 0 Å². The number of benzene rings is 2. The van der Waals surface area contributed by atoms with Gasteiger partial charge in [-0.3, -0.25) is 14.9 Å². The molecule has 1 heterocycles. The molecule has 0 atom stereocenters. The summed E-state index contributed by atoms with van der Waals surface area (Å²) in [6, 6.07) is 18.0. The molecule has 1 fully saturated rings. The number of rotatable bonds is 10. The molecule has 1 aromatic heterocycles. The molecular weight excluding hydrogens is 470 g/mol. The maximum atomic E-state index is 12.7. The second-order valence-corrected chi connectivity index (χ2v) is 10.9. The van der Waals surface area contributed by atoms with Gasteiger partial charge in [0.15, 0.2) is 0 Å². The van der Waals surface area contributed by atoms with E-state index in [1.165, 1.54) is 22.5 Å². The number of carbonyl (C=O) groups excluding carboxylic acids is 2. The molecule has 190 valence electrons. The molecule has 2 N–H and O–H groups in total. The van der Waals surface area contributed by atoms with E-state index < -0.39 is 0 Å². The summed E-state index contributed by atoms with van der Waals surface area (Å²) >= 11 is 1.40. The van der Waals surface area contributed by atoms with Crippen molar-refractivity contribution in [2.24, 2.45) is 5.92 Å². The summed E-state index contributed by atoms with van der Waals surface area (Å²) in [6.45, 7) is 1.57. The Balaban J connectivity index is 1.22. The highest BCUT2D eigenvalue weighted by molar-refractivity contribution is 7.15. The highest BCUT2D eigenvalue weighted by Gasteiger charge is 2.24. The van der Waals surface area contributed by atoms with Crippen molar-refractivity contribution in [2.75, 3.05) is 32.5 Å². The van der Waals surface area contributed by atoms with E-state index >= 15 is 0 Å². The summed E-state index contributed by atoms with van der Waals surface area (Å²) in [7, 11) is 4.01. The normalized spacial score (nSPS) is 17.6. The highest BCUT2D eigenvalue weighted by atomic mass is 32.1. The molecule has 0 spiro atoms. The molecule has 0 saturated heterocycles. The SMILES string of the molecule is CN(C)CCNC(=O)CC1CCC(c2ccc(C(=O)Nc3nnc(Cc4ccccc4)s3)cc2)CC1. The quantitative estimate of drug-likeness (QED) is 0.416. The van der Waals surface area contributed by atoms with Gasteiger partial charge in [-0.15, -0.1) is 10.2 Å². The Kier molecular flexibility index (Phi) is 9.19. The number of nitrogens with zero attached hydrogens (tertiary/aromatic N) is 3. The van der Waals surface area contributed by atoms with E-state index in [0.717, 1.165) is 37.2 Å². The summed E-state index contributed by atoms with van der Waals surface area (Å²) in [6.07, 6.45) is 5.61. The molecule has 1 saturated carbocycles. The van der Waals surface area contributed by atoms with Crippen molar-refractivity contribution in [2.45, 2.75) is 44.4 Å². The molecule has 0 bridgehead atoms. The first-order chi connectivity index (χ1) is 17.5. The van der Waals surface area contributed by atoms with E-state index in [0.29, 0.717) is 41.9 Å². The lowest BCUT2D eigenvalue weighted by Crippen LogP contribution is -2.32. The molecule has 36 heavy (non-hydrogen) atoms. The van der Waals surface area contributed by atoms with Crippen molar-refractivity contribution >= 4 is 28.3 Å². The highest BCUT2D eigenvalue weighted by Crippen LogP contribution is 2.37. The molecule has 1 aliphatic carbocycles. The maximum Gasteiger partial charge on any atom is 0.257 e. The van der Waals surface area contributed by atoms with Crippen LogP contribution in [-0.4, -0.2) is 54.1 Å². The average Bonchev–Trinajstić information content (AvgIpc) is 3.31. The summed E-state index contributed by atoms with van der Waals surface area (Å²) < 4.78 is 0. The third kappa shape index (κ3) is 7.70. The van der Waals surface area contributed by atoms with Gasteiger partial charge in [0, 0.05) is 31.5 Å². The van der Waals surface area contributed by atoms with Crippen LogP contribution in [0.1, 0.15) is 64.5 Å². The van der Waals surface area contributed by atoms with Crippen molar-refractivity contribution in [3.63, 3.8) is 0 Å². The first-order valence-electron chi connectivity index (χ1n) is 12.7. The van der Waals surface area contributed by atoms with Crippen LogP contribution in [0.5, 0.6) is 0 Å². The van der Waals surface area contributed by atoms with Crippen LogP contribution in [0, 0.1) is 5.92 Å². The van der Waals surface area contributed by atoms with Crippen LogP contribution in [0.2, 0.25) is 0 Å². The molecular formula is C28H35N5O2S. The van der Waals surface area contributed by atoms with Crippen LogP contribution in [0.4, 0.5) is 5.13 Å². The second-order valence-electron chi connectivity index (χ2n) is 9.81. The fraction of sp³-hybridized carbons (Fsp3) is 0.429. The Bertz CT molecular complexity index is 1120. The number of amides is 2. The summed E-state index contributed by atoms with van der Waals surface area (Å²) in [5.41, 5.74) is 3.04. The van der Waals surface area contributed by atoms with Crippen LogP contribution in [0.15, 0.2) is 54.6 Å². The molecule has 1 aliphatic rings. The Labute approximate surface area is 217 Å². The molecule has 2 aromatic carbocycles. The number of carbonyl (C=O) groups is 2. The third-order valence-corrected chi connectivity index (χ3v) is 7.57. The Morgan fingerprint density at radius 2 is 1.69 bits per heavy atom. The maximum absolute atomic E-state index is 12.7. The van der Waals surface area contributed by atoms with E-state index in [1.807, 2.05) is 44.4 Å². The number of likely N-dealkylation sites (N-methyl/N-ethyl adjacent to an activating group) is 1. The van der Waals surface area contributed by atoms with Crippen molar-refractivity contribution in [3.8, 4) is 0 Å². The van der Waals surface area contributed by atoms with Crippen LogP contribution < -0.4 is 10.6 Å². The molecule has 4 rings (SSSR count). The van der Waals surface area contributed by atoms with E-state index in [2.05, 4.69) is 50.0 Å². The standard InChI is InChI=1S/C28H35N5O2S/c1-33(2)17-16-29-25(34)18-21-8-10-22(11-9-21)23-12-14-24(15-13-23)27(35)30-28-32-31-26(36-28)19-20-6-4-3-5-7-20/h3-7,12-15,21-22H,8-11,16-19H2,1-2H3,(H,29,34)(H,30,32,35). The van der Waals surface area contributed by atoms with Gasteiger partial charge in [0.25, 0.3) is 5.91 Å². The minimum Gasteiger partial charge on any atom is -0.355 e. The fourth-order valence-electron chi connectivity index (χ4n) is 4.68. The van der Waals surface area contributed by atoms with Gasteiger partial charge in [-0.05, 0) is 74.9 Å². The van der Waals surface area contributed by atoms with Crippen LogP contribution in [0.3, 0.4) is 0 Å². The van der Waals surface area contributed by atoms with Gasteiger partial charge in [0.1, 0.15) is 5.01 Å². The third-order valence-electron chi connectivity index (χ3n) is 6.73. The monoisotopic (exact) mass is 505 g/mol. The molecule has 7 nitrogen and oxygen atoms in total. The molecule has 0 radical (unpaired) electrons. The average molecular weight is 506 g/mol. The largest absolute Gasteiger partial charge is 0.355 e. The number of hydrogen-bond donors (Lipinski definition) is 2. The molecule has 8 heteroatoms. The predicted molar refractivity (Wildman–Crippen MR) is 144 cm³/mol. The van der Waals surface area contributed by atoms with E-state index in [-0.39, 0.29) is 11.8 Å². The van der Waals surface area contributed by atoms with Crippen LogP contribution in [-0.2, 0) is 11.2 Å². The zero-order valence-corrected chi connectivity index (χ0v) is 21.9. The number of nitrogens with one attached hydrogen (secondary N) is 2. The number of anilines is 1. The first-order valence-corrected chi connectivity index (χ1v) is 13.5. The van der Waals surface area contributed by atoms with Crippen molar-refractivity contribution in [1.82, 2.24) is 20.4 Å². The van der Waals surface area contributed by atoms with Gasteiger partial charge in [-0.2, -0.15) is 0 Å². The number of hydrogen-bond acceptors (Lipinski definition) is 6. The molecule has 2 amide bonds. The van der Waals surface area contributed by atoms with Gasteiger partial charge in [0.05, 0.1) is 0 Å². The smallest absolute Gasteiger partial charge is 0.257 e. The summed E-state index contributed by atoms with van der Waals surface area (Å²) in [5.74, 6) is 0.939. The van der Waals surface area contributed by atoms with Crippen LogP contribution >= 0.6 is 11.3 Å². The lowest BCUT2D eigenvalue weighted by atomic mass is 9.77. The lowest BCUT2D eigenvalue weighted by Gasteiger charge is -2.28. The lowest BCUT2D eigenvalue weighted by molar-refractivity contribution is -0.122. The van der Waals surface area contributed by atoms with Gasteiger partial charge >= 0.3 is 0 Å². The number of aromatic nitrogens is 2. The summed E-state index contributed by atoms with van der Waals surface area (Å²) in [4.78, 5) is 27.0. The summed E-state index contributed by atoms with van der Waals surface area (Å²) in [5, 5.41) is 15.6. The van der Waals surface area contributed by atoms with Crippen molar-refractivity contribution < 1.29 is 9.59 Å². The Hall–Kier alpha value is -3.10. The Morgan fingerprint density at radius 1 is 0.972 bits per heavy atom. The fourth-order valence-corrected chi connectivity index (χ4v) is 5.44. The topological polar surface area (TPSA) is 87.2 Å². The van der Waals surface area contributed by atoms with E-state index in [9.17, 15) is 9.59 Å². The molecule has 3 aromatic rings. The van der Waals surface area contributed by atoms with Crippen LogP contribution in [0.25, 0.3) is 0 Å². The first kappa shape index (κ1) is 26.0. The van der Waals surface area contributed by atoms with Gasteiger partial charge in [-0.1, -0.05) is 53.8 Å². The minimum absolute atomic E-state index is 0.165. The molecule has 0 unspecified atom stereocenters. The predicted octanol–water partition coefficient (Wildman–Crippen LogP) is 4.72. The zero-order chi connectivity index (χ0) is 25.3. The van der Waals surface area contributed by atoms with Crippen molar-refractivity contribution in [3.05, 3.63) is 76.3 Å². The van der Waals surface area contributed by atoms with Crippen molar-refractivity contribution in [1.29, 1.82) is 0 Å². The van der Waals surface area contributed by atoms with Gasteiger partial charge in [-0.25, -0.2) is 0 Å².